The standard InChI is InChI=1S/C23H32O6/c1-5-28-23-12-17-15(14(2)16(23)11-19(25)29-23)7-8-18-21(3,20(26)27-4)9-6-10-22(17,18)13-24/h11,13-15,17-18H,5-10,12H2,1-4H3/t14-,15+,17+,18?,21-,22+,23-/m1/s1. The van der Waals surface area contributed by atoms with Crippen molar-refractivity contribution in [2.75, 3.05) is 13.7 Å². The van der Waals surface area contributed by atoms with Crippen LogP contribution in [-0.2, 0) is 28.6 Å². The van der Waals surface area contributed by atoms with Gasteiger partial charge < -0.3 is 19.0 Å². The Morgan fingerprint density at radius 1 is 1.34 bits per heavy atom. The predicted octanol–water partition coefficient (Wildman–Crippen LogP) is 3.43. The summed E-state index contributed by atoms with van der Waals surface area (Å²) in [4.78, 5) is 37.8. The Morgan fingerprint density at radius 2 is 2.10 bits per heavy atom. The molecule has 4 rings (SSSR count). The summed E-state index contributed by atoms with van der Waals surface area (Å²) < 4.78 is 17.0. The Bertz CT molecular complexity index is 758. The van der Waals surface area contributed by atoms with E-state index in [2.05, 4.69) is 6.92 Å². The van der Waals surface area contributed by atoms with Crippen LogP contribution in [0.5, 0.6) is 0 Å². The van der Waals surface area contributed by atoms with E-state index in [1.165, 1.54) is 7.11 Å². The van der Waals surface area contributed by atoms with Crippen molar-refractivity contribution in [3.63, 3.8) is 0 Å². The molecule has 160 valence electrons. The zero-order valence-electron chi connectivity index (χ0n) is 17.9. The van der Waals surface area contributed by atoms with Crippen LogP contribution in [0.25, 0.3) is 0 Å². The fraction of sp³-hybridized carbons (Fsp3) is 0.783. The maximum absolute atomic E-state index is 12.8. The van der Waals surface area contributed by atoms with Gasteiger partial charge in [0.05, 0.1) is 12.5 Å². The van der Waals surface area contributed by atoms with E-state index in [9.17, 15) is 14.4 Å². The van der Waals surface area contributed by atoms with Gasteiger partial charge in [0.2, 0.25) is 5.79 Å². The summed E-state index contributed by atoms with van der Waals surface area (Å²) in [5, 5.41) is 0. The first-order chi connectivity index (χ1) is 13.8. The van der Waals surface area contributed by atoms with Crippen LogP contribution in [0, 0.1) is 34.5 Å². The zero-order chi connectivity index (χ0) is 21.0. The molecule has 0 radical (unpaired) electrons. The quantitative estimate of drug-likeness (QED) is 0.528. The van der Waals surface area contributed by atoms with Crippen molar-refractivity contribution >= 4 is 18.2 Å². The van der Waals surface area contributed by atoms with Gasteiger partial charge in [0.1, 0.15) is 6.29 Å². The Labute approximate surface area is 172 Å². The first kappa shape index (κ1) is 20.6. The third-order valence-corrected chi connectivity index (χ3v) is 8.57. The highest BCUT2D eigenvalue weighted by molar-refractivity contribution is 5.87. The van der Waals surface area contributed by atoms with Crippen LogP contribution in [0.15, 0.2) is 11.6 Å². The lowest BCUT2D eigenvalue weighted by atomic mass is 9.42. The molecule has 3 aliphatic carbocycles. The molecule has 3 fully saturated rings. The Morgan fingerprint density at radius 3 is 2.76 bits per heavy atom. The van der Waals surface area contributed by atoms with E-state index < -0.39 is 16.6 Å². The molecule has 6 nitrogen and oxygen atoms in total. The number of methoxy groups -OCH3 is 1. The molecule has 0 N–H and O–H groups in total. The molecule has 0 saturated heterocycles. The summed E-state index contributed by atoms with van der Waals surface area (Å²) in [6, 6.07) is 0. The van der Waals surface area contributed by atoms with E-state index in [1.807, 2.05) is 13.8 Å². The first-order valence-electron chi connectivity index (χ1n) is 10.9. The molecular weight excluding hydrogens is 372 g/mol. The summed E-state index contributed by atoms with van der Waals surface area (Å²) in [5.74, 6) is -1.34. The highest BCUT2D eigenvalue weighted by Gasteiger charge is 2.66. The molecule has 1 heterocycles. The topological polar surface area (TPSA) is 78.9 Å². The van der Waals surface area contributed by atoms with Gasteiger partial charge in [-0.3, -0.25) is 4.79 Å². The molecule has 1 unspecified atom stereocenters. The molecule has 0 aromatic rings. The summed E-state index contributed by atoms with van der Waals surface area (Å²) in [6.07, 6.45) is 7.25. The molecule has 0 aromatic heterocycles. The third kappa shape index (κ3) is 2.67. The molecule has 0 bridgehead atoms. The summed E-state index contributed by atoms with van der Waals surface area (Å²) in [5.41, 5.74) is -0.372. The van der Waals surface area contributed by atoms with Crippen molar-refractivity contribution in [3.8, 4) is 0 Å². The molecule has 4 aliphatic rings. The number of esters is 2. The lowest BCUT2D eigenvalue weighted by Crippen LogP contribution is -2.62. The number of ether oxygens (including phenoxy) is 3. The predicted molar refractivity (Wildman–Crippen MR) is 104 cm³/mol. The molecule has 7 atom stereocenters. The molecule has 6 heteroatoms. The fourth-order valence-corrected chi connectivity index (χ4v) is 7.39. The largest absolute Gasteiger partial charge is 0.469 e. The number of hydrogen-bond donors (Lipinski definition) is 0. The average molecular weight is 405 g/mol. The minimum absolute atomic E-state index is 0.00707. The van der Waals surface area contributed by atoms with Gasteiger partial charge in [0, 0.05) is 30.1 Å². The number of carbonyl (C=O) groups excluding carboxylic acids is 3. The number of fused-ring (bicyclic) bond motifs is 4. The monoisotopic (exact) mass is 404 g/mol. The average Bonchev–Trinajstić information content (AvgIpc) is 3.04. The Balaban J connectivity index is 1.79. The lowest BCUT2D eigenvalue weighted by Gasteiger charge is -2.61. The Kier molecular flexibility index (Phi) is 4.92. The third-order valence-electron chi connectivity index (χ3n) is 8.57. The fourth-order valence-electron chi connectivity index (χ4n) is 7.39. The zero-order valence-corrected chi connectivity index (χ0v) is 17.9. The van der Waals surface area contributed by atoms with Gasteiger partial charge in [-0.1, -0.05) is 13.3 Å². The van der Waals surface area contributed by atoms with Crippen LogP contribution < -0.4 is 0 Å². The second kappa shape index (κ2) is 6.93. The van der Waals surface area contributed by atoms with Crippen LogP contribution >= 0.6 is 0 Å². The van der Waals surface area contributed by atoms with E-state index in [-0.39, 0.29) is 35.6 Å². The minimum atomic E-state index is -1.07. The summed E-state index contributed by atoms with van der Waals surface area (Å²) in [7, 11) is 1.43. The smallest absolute Gasteiger partial charge is 0.333 e. The molecule has 3 saturated carbocycles. The van der Waals surface area contributed by atoms with Crippen LogP contribution in [0.4, 0.5) is 0 Å². The highest BCUT2D eigenvalue weighted by Crippen LogP contribution is 2.66. The lowest BCUT2D eigenvalue weighted by molar-refractivity contribution is -0.238. The maximum Gasteiger partial charge on any atom is 0.333 e. The second-order valence-electron chi connectivity index (χ2n) is 9.59. The van der Waals surface area contributed by atoms with E-state index in [0.29, 0.717) is 13.0 Å². The van der Waals surface area contributed by atoms with Crippen LogP contribution in [0.2, 0.25) is 0 Å². The molecule has 1 aliphatic heterocycles. The molecule has 29 heavy (non-hydrogen) atoms. The molecule has 0 spiro atoms. The van der Waals surface area contributed by atoms with Crippen molar-refractivity contribution in [1.82, 2.24) is 0 Å². The normalized spacial score (nSPS) is 45.9. The van der Waals surface area contributed by atoms with Crippen LogP contribution in [0.3, 0.4) is 0 Å². The van der Waals surface area contributed by atoms with Crippen molar-refractivity contribution in [3.05, 3.63) is 11.6 Å². The Hall–Kier alpha value is -1.69. The van der Waals surface area contributed by atoms with Gasteiger partial charge in [0.15, 0.2) is 0 Å². The van der Waals surface area contributed by atoms with Crippen molar-refractivity contribution in [1.29, 1.82) is 0 Å². The summed E-state index contributed by atoms with van der Waals surface area (Å²) in [6.45, 7) is 6.40. The van der Waals surface area contributed by atoms with Gasteiger partial charge in [-0.25, -0.2) is 4.79 Å². The van der Waals surface area contributed by atoms with E-state index in [4.69, 9.17) is 14.2 Å². The van der Waals surface area contributed by atoms with Crippen LogP contribution in [-0.4, -0.2) is 37.7 Å². The number of carbonyl (C=O) groups is 3. The molecule has 0 amide bonds. The number of rotatable bonds is 4. The van der Waals surface area contributed by atoms with Gasteiger partial charge >= 0.3 is 11.9 Å². The number of aldehydes is 1. The van der Waals surface area contributed by atoms with Gasteiger partial charge in [-0.15, -0.1) is 0 Å². The summed E-state index contributed by atoms with van der Waals surface area (Å²) >= 11 is 0. The van der Waals surface area contributed by atoms with E-state index in [1.54, 1.807) is 6.08 Å². The SMILES string of the molecule is CCO[C@@]12C[C@H]3[C@@H](CCC4[C@](C)(C(=O)OC)CCC[C@@]43C=O)[C@@H](C)C1=CC(=O)O2. The van der Waals surface area contributed by atoms with Crippen LogP contribution in [0.1, 0.15) is 59.3 Å². The van der Waals surface area contributed by atoms with Crippen molar-refractivity contribution in [2.45, 2.75) is 65.1 Å². The van der Waals surface area contributed by atoms with Crippen molar-refractivity contribution < 1.29 is 28.6 Å². The number of hydrogen-bond acceptors (Lipinski definition) is 6. The highest BCUT2D eigenvalue weighted by atomic mass is 16.7. The van der Waals surface area contributed by atoms with E-state index in [0.717, 1.165) is 44.0 Å². The second-order valence-corrected chi connectivity index (χ2v) is 9.59. The molecular formula is C23H32O6. The van der Waals surface area contributed by atoms with Gasteiger partial charge in [-0.05, 0) is 63.2 Å². The van der Waals surface area contributed by atoms with Gasteiger partial charge in [0.25, 0.3) is 0 Å². The maximum atomic E-state index is 12.8. The molecule has 0 aromatic carbocycles. The van der Waals surface area contributed by atoms with E-state index >= 15 is 0 Å². The minimum Gasteiger partial charge on any atom is -0.469 e. The van der Waals surface area contributed by atoms with Gasteiger partial charge in [-0.2, -0.15) is 0 Å². The first-order valence-corrected chi connectivity index (χ1v) is 10.9. The van der Waals surface area contributed by atoms with Crippen molar-refractivity contribution in [2.24, 2.45) is 34.5 Å².